The van der Waals surface area contributed by atoms with Crippen LogP contribution in [0.2, 0.25) is 0 Å². The zero-order valence-electron chi connectivity index (χ0n) is 23.4. The van der Waals surface area contributed by atoms with Crippen LogP contribution in [-0.4, -0.2) is 33.2 Å². The molecule has 6 rings (SSSR count). The Morgan fingerprint density at radius 2 is 1.80 bits per heavy atom. The van der Waals surface area contributed by atoms with Crippen molar-refractivity contribution in [2.45, 2.75) is 95.5 Å². The van der Waals surface area contributed by atoms with Crippen LogP contribution in [0, 0.1) is 0 Å². The summed E-state index contributed by atoms with van der Waals surface area (Å²) >= 11 is 0. The molecule has 1 saturated carbocycles. The Balaban J connectivity index is 1.65. The lowest BCUT2D eigenvalue weighted by Crippen LogP contribution is -2.39. The van der Waals surface area contributed by atoms with E-state index < -0.39 is 23.7 Å². The summed E-state index contributed by atoms with van der Waals surface area (Å²) in [5.41, 5.74) is 4.41. The molecular weight excluding hydrogens is 510 g/mol. The molecular formula is C32H37NO7. The zero-order valence-corrected chi connectivity index (χ0v) is 23.4. The third-order valence-electron chi connectivity index (χ3n) is 8.51. The summed E-state index contributed by atoms with van der Waals surface area (Å²) in [6, 6.07) is 7.11. The normalized spacial score (nSPS) is 22.4. The minimum atomic E-state index is -1.11. The van der Waals surface area contributed by atoms with Gasteiger partial charge >= 0.3 is 0 Å². The largest absolute Gasteiger partial charge is 0.489 e. The Labute approximate surface area is 233 Å². The van der Waals surface area contributed by atoms with Crippen LogP contribution in [0.3, 0.4) is 0 Å². The molecule has 4 N–H and O–H groups in total. The van der Waals surface area contributed by atoms with Gasteiger partial charge in [0.2, 0.25) is 5.43 Å². The van der Waals surface area contributed by atoms with Crippen molar-refractivity contribution in [3.63, 3.8) is 0 Å². The van der Waals surface area contributed by atoms with Crippen LogP contribution in [0.5, 0.6) is 11.5 Å². The molecule has 2 heterocycles. The van der Waals surface area contributed by atoms with Gasteiger partial charge in [0, 0.05) is 23.5 Å². The maximum atomic E-state index is 14.6. The molecule has 0 spiro atoms. The lowest BCUT2D eigenvalue weighted by atomic mass is 9.83. The molecule has 2 aromatic carbocycles. The van der Waals surface area contributed by atoms with E-state index in [1.54, 1.807) is 32.1 Å². The summed E-state index contributed by atoms with van der Waals surface area (Å²) in [6.07, 6.45) is 6.21. The molecule has 3 aliphatic rings. The molecule has 212 valence electrons. The molecule has 2 aliphatic carbocycles. The number of benzene rings is 2. The lowest BCUT2D eigenvalue weighted by Gasteiger charge is -2.26. The topological polar surface area (TPSA) is 121 Å². The van der Waals surface area contributed by atoms with Crippen molar-refractivity contribution in [1.82, 2.24) is 0 Å². The Morgan fingerprint density at radius 1 is 1.10 bits per heavy atom. The smallest absolute Gasteiger partial charge is 0.200 e. The number of hydrogen-bond acceptors (Lipinski definition) is 8. The van der Waals surface area contributed by atoms with E-state index in [-0.39, 0.29) is 23.2 Å². The summed E-state index contributed by atoms with van der Waals surface area (Å²) in [5, 5.41) is 31.5. The number of fused-ring (bicyclic) bond motifs is 3. The standard InChI is InChI=1S/C32H37NO7/c1-16(2)24-28-21(15-23(39-28)32(3,4)36)29(38-19-7-5-6-8-19)26-27(35)25-20(17-9-11-18(33-37)12-10-17)13-14-22(34)30(25)40-31(24)26/h9-14,16,19-20,22-23,33-34,36-37H,5-8,15H2,1-4H3. The van der Waals surface area contributed by atoms with E-state index in [2.05, 4.69) is 5.48 Å². The highest BCUT2D eigenvalue weighted by molar-refractivity contribution is 5.92. The Hall–Kier alpha value is -3.33. The Bertz CT molecular complexity index is 1520. The van der Waals surface area contributed by atoms with Crippen molar-refractivity contribution in [2.24, 2.45) is 0 Å². The summed E-state index contributed by atoms with van der Waals surface area (Å²) in [5.74, 6) is 0.772. The summed E-state index contributed by atoms with van der Waals surface area (Å²) in [7, 11) is 0. The molecule has 3 aromatic rings. The summed E-state index contributed by atoms with van der Waals surface area (Å²) in [4.78, 5) is 14.6. The predicted molar refractivity (Wildman–Crippen MR) is 152 cm³/mol. The Morgan fingerprint density at radius 3 is 2.42 bits per heavy atom. The van der Waals surface area contributed by atoms with Crippen LogP contribution >= 0.6 is 0 Å². The Kier molecular flexibility index (Phi) is 6.68. The first-order valence-electron chi connectivity index (χ1n) is 14.2. The van der Waals surface area contributed by atoms with E-state index in [4.69, 9.17) is 13.9 Å². The fourth-order valence-electron chi connectivity index (χ4n) is 6.35. The van der Waals surface area contributed by atoms with Crippen molar-refractivity contribution in [2.75, 3.05) is 5.48 Å². The van der Waals surface area contributed by atoms with E-state index in [9.17, 15) is 20.2 Å². The minimum Gasteiger partial charge on any atom is -0.489 e. The van der Waals surface area contributed by atoms with Gasteiger partial charge < -0.3 is 24.1 Å². The number of allylic oxidation sites excluding steroid dienone is 1. The van der Waals surface area contributed by atoms with Crippen LogP contribution < -0.4 is 20.4 Å². The molecule has 40 heavy (non-hydrogen) atoms. The first-order chi connectivity index (χ1) is 19.1. The average molecular weight is 548 g/mol. The van der Waals surface area contributed by atoms with Gasteiger partial charge in [-0.25, -0.2) is 0 Å². The van der Waals surface area contributed by atoms with Gasteiger partial charge in [-0.3, -0.25) is 15.5 Å². The minimum absolute atomic E-state index is 0.0198. The molecule has 3 unspecified atom stereocenters. The molecule has 1 aliphatic heterocycles. The van der Waals surface area contributed by atoms with Gasteiger partial charge in [0.15, 0.2) is 0 Å². The molecule has 8 heteroatoms. The number of hydrogen-bond donors (Lipinski definition) is 4. The van der Waals surface area contributed by atoms with E-state index in [1.807, 2.05) is 32.1 Å². The third-order valence-corrected chi connectivity index (χ3v) is 8.51. The molecule has 1 aromatic heterocycles. The van der Waals surface area contributed by atoms with Crippen LogP contribution in [0.15, 0.2) is 45.6 Å². The quantitative estimate of drug-likeness (QED) is 0.224. The average Bonchev–Trinajstić information content (AvgIpc) is 3.59. The molecule has 0 amide bonds. The van der Waals surface area contributed by atoms with Gasteiger partial charge in [-0.2, -0.15) is 0 Å². The third kappa shape index (κ3) is 4.39. The van der Waals surface area contributed by atoms with Crippen LogP contribution in [-0.2, 0) is 6.42 Å². The zero-order chi connectivity index (χ0) is 28.3. The van der Waals surface area contributed by atoms with Crippen molar-refractivity contribution in [3.05, 3.63) is 74.7 Å². The molecule has 0 radical (unpaired) electrons. The fraction of sp³-hybridized carbons (Fsp3) is 0.469. The second-order valence-electron chi connectivity index (χ2n) is 12.1. The van der Waals surface area contributed by atoms with Gasteiger partial charge in [0.25, 0.3) is 0 Å². The van der Waals surface area contributed by atoms with E-state index in [0.29, 0.717) is 40.1 Å². The van der Waals surface area contributed by atoms with Crippen LogP contribution in [0.25, 0.3) is 11.0 Å². The number of anilines is 1. The number of ether oxygens (including phenoxy) is 2. The van der Waals surface area contributed by atoms with Gasteiger partial charge in [-0.15, -0.1) is 0 Å². The van der Waals surface area contributed by atoms with Crippen molar-refractivity contribution in [1.29, 1.82) is 0 Å². The molecule has 8 nitrogen and oxygen atoms in total. The summed E-state index contributed by atoms with van der Waals surface area (Å²) < 4.78 is 19.6. The van der Waals surface area contributed by atoms with Gasteiger partial charge in [0.1, 0.15) is 40.4 Å². The molecule has 1 fully saturated rings. The highest BCUT2D eigenvalue weighted by atomic mass is 16.5. The van der Waals surface area contributed by atoms with E-state index in [0.717, 1.165) is 42.4 Å². The van der Waals surface area contributed by atoms with Crippen molar-refractivity contribution >= 4 is 16.7 Å². The summed E-state index contributed by atoms with van der Waals surface area (Å²) in [6.45, 7) is 7.48. The molecule has 0 bridgehead atoms. The first kappa shape index (κ1) is 26.9. The maximum absolute atomic E-state index is 14.6. The maximum Gasteiger partial charge on any atom is 0.200 e. The monoisotopic (exact) mass is 547 g/mol. The van der Waals surface area contributed by atoms with E-state index >= 15 is 0 Å². The van der Waals surface area contributed by atoms with Gasteiger partial charge in [0.05, 0.1) is 23.0 Å². The van der Waals surface area contributed by atoms with Gasteiger partial charge in [-0.05, 0) is 63.1 Å². The van der Waals surface area contributed by atoms with Crippen LogP contribution in [0.4, 0.5) is 5.69 Å². The van der Waals surface area contributed by atoms with E-state index in [1.165, 1.54) is 0 Å². The highest BCUT2D eigenvalue weighted by Gasteiger charge is 2.42. The molecule has 0 saturated heterocycles. The molecule has 3 atom stereocenters. The second-order valence-corrected chi connectivity index (χ2v) is 12.1. The van der Waals surface area contributed by atoms with Gasteiger partial charge in [-0.1, -0.05) is 38.1 Å². The van der Waals surface area contributed by atoms with Crippen LogP contribution in [0.1, 0.15) is 99.3 Å². The number of nitrogens with one attached hydrogen (secondary N) is 1. The highest BCUT2D eigenvalue weighted by Crippen LogP contribution is 2.50. The van der Waals surface area contributed by atoms with Crippen molar-refractivity contribution in [3.8, 4) is 11.5 Å². The number of rotatable bonds is 6. The lowest BCUT2D eigenvalue weighted by molar-refractivity contribution is -0.0233. The first-order valence-corrected chi connectivity index (χ1v) is 14.2. The number of aliphatic hydroxyl groups excluding tert-OH is 1. The van der Waals surface area contributed by atoms with Crippen molar-refractivity contribution < 1.29 is 29.3 Å². The number of aliphatic hydroxyl groups is 2. The predicted octanol–water partition coefficient (Wildman–Crippen LogP) is 5.85. The fourth-order valence-corrected chi connectivity index (χ4v) is 6.35. The second kappa shape index (κ2) is 9.94. The SMILES string of the molecule is CC(C)c1c2c(c(OC3CCCC3)c3c(=O)c4c(oc13)C(O)C=CC4c1ccc(NO)cc1)CC(C(C)(C)O)O2.